The Hall–Kier alpha value is -11.2. The summed E-state index contributed by atoms with van der Waals surface area (Å²) in [7, 11) is 0. The van der Waals surface area contributed by atoms with Gasteiger partial charge in [-0.25, -0.2) is 4.98 Å². The number of fused-ring (bicyclic) bond motifs is 10. The summed E-state index contributed by atoms with van der Waals surface area (Å²) in [5.41, 5.74) is 22.4. The summed E-state index contributed by atoms with van der Waals surface area (Å²) in [4.78, 5) is 10.3. The first-order chi connectivity index (χ1) is 43.8. The molecule has 0 fully saturated rings. The minimum absolute atomic E-state index is 0.102. The van der Waals surface area contributed by atoms with Crippen LogP contribution in [0.4, 0.5) is 22.7 Å². The third-order valence-corrected chi connectivity index (χ3v) is 18.6. The zero-order chi connectivity index (χ0) is 59.4. The molecule has 424 valence electrons. The van der Waals surface area contributed by atoms with E-state index in [1.54, 1.807) is 0 Å². The van der Waals surface area contributed by atoms with Crippen LogP contribution in [0.3, 0.4) is 0 Å². The summed E-state index contributed by atoms with van der Waals surface area (Å²) in [6.07, 6.45) is 1.99. The van der Waals surface area contributed by atoms with Crippen LogP contribution in [-0.2, 0) is 10.8 Å². The molecule has 6 heteroatoms. The van der Waals surface area contributed by atoms with E-state index in [0.29, 0.717) is 18.2 Å². The summed E-state index contributed by atoms with van der Waals surface area (Å²) in [5, 5.41) is 4.65. The molecule has 6 nitrogen and oxygen atoms in total. The Kier molecular flexibility index (Phi) is 12.0. The minimum Gasteiger partial charge on any atom is -0.457 e. The molecule has 2 aliphatic rings. The average molecular weight is 1140 g/mol. The number of aromatic nitrogens is 3. The van der Waals surface area contributed by atoms with Crippen molar-refractivity contribution in [3.05, 3.63) is 331 Å². The number of hydrogen-bond acceptors (Lipinski definition) is 4. The molecule has 0 radical (unpaired) electrons. The lowest BCUT2D eigenvalue weighted by Gasteiger charge is -2.34. The maximum atomic E-state index is 7.40. The molecule has 0 saturated heterocycles. The summed E-state index contributed by atoms with van der Waals surface area (Å²) in [6.45, 7) is 7.48. The van der Waals surface area contributed by atoms with E-state index in [1.165, 1.54) is 66.4 Å². The van der Waals surface area contributed by atoms with Crippen LogP contribution in [0.5, 0.6) is 11.5 Å². The van der Waals surface area contributed by atoms with E-state index in [9.17, 15) is 0 Å². The van der Waals surface area contributed by atoms with E-state index >= 15 is 0 Å². The fraction of sp³-hybridized carbons (Fsp3) is 0.0723. The van der Waals surface area contributed by atoms with Gasteiger partial charge in [0, 0.05) is 62.8 Å². The van der Waals surface area contributed by atoms with Gasteiger partial charge in [-0.15, -0.1) is 0 Å². The summed E-state index contributed by atoms with van der Waals surface area (Å²) in [6, 6.07) is 108. The van der Waals surface area contributed by atoms with E-state index < -0.39 is 5.41 Å². The normalized spacial score (nSPS) is 13.3. The standard InChI is InChI=1S/C83H61N5O/c1-82(2,3)59-47-70(55-25-7-4-8-26-55)81(71(48-59)56-27-9-5-10-28-56)86-54-85(77-41-23-24-42-78(77)86)60-50-61(87-74-38-20-15-33-66(74)67-34-16-21-39-75(67)87)52-63(51-60)89-62-43-44-69-68-35-17-22-40-76(68)88(79(69)53-62)80-49-58(45-46-84-80)83(57-29-11-6-12-30-57)72-36-18-13-31-64(72)65-32-14-19-37-73(65)83/h4-53H,54H2,1-3H3. The zero-order valence-electron chi connectivity index (χ0n) is 49.7. The van der Waals surface area contributed by atoms with Gasteiger partial charge < -0.3 is 19.1 Å². The molecule has 0 spiro atoms. The Morgan fingerprint density at radius 3 is 1.46 bits per heavy atom. The van der Waals surface area contributed by atoms with Crippen LogP contribution in [0.25, 0.3) is 88.5 Å². The third kappa shape index (κ3) is 8.28. The first-order valence-electron chi connectivity index (χ1n) is 30.8. The number of hydrogen-bond donors (Lipinski definition) is 0. The van der Waals surface area contributed by atoms with E-state index in [0.717, 1.165) is 72.7 Å². The van der Waals surface area contributed by atoms with Crippen molar-refractivity contribution in [2.45, 2.75) is 31.6 Å². The molecule has 0 saturated carbocycles. The number of ether oxygens (including phenoxy) is 1. The van der Waals surface area contributed by atoms with Crippen LogP contribution in [-0.4, -0.2) is 20.8 Å². The molecule has 0 unspecified atom stereocenters. The van der Waals surface area contributed by atoms with Gasteiger partial charge in [-0.05, 0) is 128 Å². The molecular weight excluding hydrogens is 1080 g/mol. The van der Waals surface area contributed by atoms with Crippen LogP contribution in [0, 0.1) is 0 Å². The molecular formula is C83H61N5O. The van der Waals surface area contributed by atoms with Gasteiger partial charge in [0.1, 0.15) is 24.0 Å². The third-order valence-electron chi connectivity index (χ3n) is 18.6. The van der Waals surface area contributed by atoms with Gasteiger partial charge in [0.25, 0.3) is 0 Å². The largest absolute Gasteiger partial charge is 0.457 e. The van der Waals surface area contributed by atoms with Crippen molar-refractivity contribution in [2.75, 3.05) is 16.5 Å². The molecule has 89 heavy (non-hydrogen) atoms. The fourth-order valence-corrected chi connectivity index (χ4v) is 14.7. The van der Waals surface area contributed by atoms with Gasteiger partial charge in [0.15, 0.2) is 0 Å². The smallest absolute Gasteiger partial charge is 0.137 e. The molecule has 12 aromatic carbocycles. The predicted octanol–water partition coefficient (Wildman–Crippen LogP) is 21.3. The van der Waals surface area contributed by atoms with Crippen molar-refractivity contribution in [3.8, 4) is 56.4 Å². The molecule has 1 aliphatic carbocycles. The highest BCUT2D eigenvalue weighted by atomic mass is 16.5. The first kappa shape index (κ1) is 52.1. The lowest BCUT2D eigenvalue weighted by Crippen LogP contribution is -2.28. The number of pyridine rings is 1. The molecule has 4 heterocycles. The Morgan fingerprint density at radius 1 is 0.371 bits per heavy atom. The zero-order valence-corrected chi connectivity index (χ0v) is 49.7. The quantitative estimate of drug-likeness (QED) is 0.137. The monoisotopic (exact) mass is 1140 g/mol. The number of anilines is 4. The Balaban J connectivity index is 0.841. The van der Waals surface area contributed by atoms with Gasteiger partial charge in [0.2, 0.25) is 0 Å². The molecule has 0 amide bonds. The predicted molar refractivity (Wildman–Crippen MR) is 368 cm³/mol. The van der Waals surface area contributed by atoms with Crippen LogP contribution >= 0.6 is 0 Å². The second kappa shape index (κ2) is 20.5. The highest BCUT2D eigenvalue weighted by Gasteiger charge is 2.46. The lowest BCUT2D eigenvalue weighted by atomic mass is 9.68. The van der Waals surface area contributed by atoms with E-state index in [4.69, 9.17) is 9.72 Å². The van der Waals surface area contributed by atoms with Crippen molar-refractivity contribution >= 4 is 66.4 Å². The van der Waals surface area contributed by atoms with Crippen LogP contribution in [0.15, 0.2) is 303 Å². The summed E-state index contributed by atoms with van der Waals surface area (Å²) >= 11 is 0. The van der Waals surface area contributed by atoms with Crippen LogP contribution < -0.4 is 14.5 Å². The Morgan fingerprint density at radius 2 is 0.865 bits per heavy atom. The first-order valence-corrected chi connectivity index (χ1v) is 30.8. The van der Waals surface area contributed by atoms with Gasteiger partial charge in [-0.3, -0.25) is 4.57 Å². The Labute approximate surface area is 518 Å². The highest BCUT2D eigenvalue weighted by molar-refractivity contribution is 6.11. The molecule has 1 aliphatic heterocycles. The van der Waals surface area contributed by atoms with Crippen molar-refractivity contribution in [3.63, 3.8) is 0 Å². The summed E-state index contributed by atoms with van der Waals surface area (Å²) in [5.74, 6) is 2.25. The molecule has 0 atom stereocenters. The maximum Gasteiger partial charge on any atom is 0.137 e. The second-order valence-corrected chi connectivity index (χ2v) is 24.7. The number of rotatable bonds is 10. The number of para-hydroxylation sites is 5. The topological polar surface area (TPSA) is 38.5 Å². The van der Waals surface area contributed by atoms with Gasteiger partial charge in [0.05, 0.1) is 50.2 Å². The molecule has 15 aromatic rings. The Bertz CT molecular complexity index is 5110. The summed E-state index contributed by atoms with van der Waals surface area (Å²) < 4.78 is 12.1. The number of benzene rings is 12. The number of nitrogens with zero attached hydrogens (tertiary/aromatic N) is 5. The lowest BCUT2D eigenvalue weighted by molar-refractivity contribution is 0.483. The van der Waals surface area contributed by atoms with Gasteiger partial charge in [-0.2, -0.15) is 0 Å². The van der Waals surface area contributed by atoms with E-state index in [2.05, 4.69) is 337 Å². The average Bonchev–Trinajstić information content (AvgIpc) is 1.62. The van der Waals surface area contributed by atoms with Gasteiger partial charge >= 0.3 is 0 Å². The fourth-order valence-electron chi connectivity index (χ4n) is 14.7. The van der Waals surface area contributed by atoms with Crippen molar-refractivity contribution in [1.29, 1.82) is 0 Å². The van der Waals surface area contributed by atoms with Crippen molar-refractivity contribution in [2.24, 2.45) is 0 Å². The minimum atomic E-state index is -0.587. The SMILES string of the molecule is CC(C)(C)c1cc(-c2ccccc2)c(N2CN(c3cc(Oc4ccc5c6ccccc6n(-c6cc(C7(c8ccccc8)c8ccccc8-c8ccccc87)ccn6)c5c4)cc(-n4c5ccccc5c5ccccc54)c3)c3ccccc32)c(-c2ccccc2)c1. The van der Waals surface area contributed by atoms with Crippen molar-refractivity contribution in [1.82, 2.24) is 14.1 Å². The molecule has 0 N–H and O–H groups in total. The molecule has 17 rings (SSSR count). The second-order valence-electron chi connectivity index (χ2n) is 24.7. The highest BCUT2D eigenvalue weighted by Crippen LogP contribution is 2.57. The molecule has 0 bridgehead atoms. The van der Waals surface area contributed by atoms with E-state index in [1.807, 2.05) is 6.20 Å². The van der Waals surface area contributed by atoms with E-state index in [-0.39, 0.29) is 5.41 Å². The maximum absolute atomic E-state index is 7.40. The van der Waals surface area contributed by atoms with Crippen LogP contribution in [0.2, 0.25) is 0 Å². The van der Waals surface area contributed by atoms with Crippen molar-refractivity contribution < 1.29 is 4.74 Å². The van der Waals surface area contributed by atoms with Gasteiger partial charge in [-0.1, -0.05) is 227 Å². The molecule has 3 aromatic heterocycles. The van der Waals surface area contributed by atoms with Crippen LogP contribution in [0.1, 0.15) is 48.6 Å².